The number of nitrogens with zero attached hydrogens (tertiary/aromatic N) is 3. The molecule has 1 aromatic rings. The average molecular weight is 477 g/mol. The van der Waals surface area contributed by atoms with E-state index in [9.17, 15) is 10.1 Å². The van der Waals surface area contributed by atoms with E-state index >= 15 is 0 Å². The van der Waals surface area contributed by atoms with Crippen molar-refractivity contribution < 1.29 is 9.66 Å². The Bertz CT molecular complexity index is 618. The quantitative estimate of drug-likeness (QED) is 0.214. The van der Waals surface area contributed by atoms with Crippen LogP contribution in [0.1, 0.15) is 19.4 Å². The molecule has 1 aliphatic rings. The number of benzene rings is 1. The Kier molecular flexibility index (Phi) is 9.23. The van der Waals surface area contributed by atoms with Gasteiger partial charge in [0.05, 0.1) is 18.1 Å². The zero-order valence-corrected chi connectivity index (χ0v) is 17.9. The second kappa shape index (κ2) is 10.6. The number of ether oxygens (including phenoxy) is 1. The summed E-state index contributed by atoms with van der Waals surface area (Å²) in [5.41, 5.74) is 0.696. The van der Waals surface area contributed by atoms with Crippen LogP contribution in [0.3, 0.4) is 0 Å². The van der Waals surface area contributed by atoms with Gasteiger partial charge in [0.25, 0.3) is 5.69 Å². The van der Waals surface area contributed by atoms with Gasteiger partial charge in [0.1, 0.15) is 0 Å². The van der Waals surface area contributed by atoms with Crippen molar-refractivity contribution in [3.8, 4) is 0 Å². The highest BCUT2D eigenvalue weighted by Crippen LogP contribution is 2.17. The van der Waals surface area contributed by atoms with Crippen LogP contribution in [0.4, 0.5) is 5.69 Å². The molecule has 0 aromatic heterocycles. The number of hydrogen-bond acceptors (Lipinski definition) is 5. The third-order valence-corrected chi connectivity index (χ3v) is 4.41. The molecule has 0 spiro atoms. The first-order valence-corrected chi connectivity index (χ1v) is 8.43. The Labute approximate surface area is 171 Å². The zero-order chi connectivity index (χ0) is 18.3. The second-order valence-electron chi connectivity index (χ2n) is 6.58. The molecule has 2 N–H and O–H groups in total. The maximum absolute atomic E-state index is 11.1. The normalized spacial score (nSPS) is 15.9. The first kappa shape index (κ1) is 22.6. The number of nitro groups is 1. The largest absolute Gasteiger partial charge is 0.379 e. The van der Waals surface area contributed by atoms with E-state index in [1.807, 2.05) is 0 Å². The van der Waals surface area contributed by atoms with Crippen molar-refractivity contribution in [2.24, 2.45) is 4.99 Å². The van der Waals surface area contributed by atoms with Gasteiger partial charge < -0.3 is 15.4 Å². The van der Waals surface area contributed by atoms with Crippen LogP contribution in [0.25, 0.3) is 0 Å². The Morgan fingerprint density at radius 3 is 2.58 bits per heavy atom. The Morgan fingerprint density at radius 1 is 1.31 bits per heavy atom. The highest BCUT2D eigenvalue weighted by Gasteiger charge is 2.28. The fraction of sp³-hybridized carbons (Fsp3) is 0.588. The number of hydrogen-bond donors (Lipinski definition) is 2. The third kappa shape index (κ3) is 6.36. The molecule has 0 bridgehead atoms. The second-order valence-corrected chi connectivity index (χ2v) is 6.58. The highest BCUT2D eigenvalue weighted by molar-refractivity contribution is 14.0. The minimum absolute atomic E-state index is 0. The van der Waals surface area contributed by atoms with E-state index in [4.69, 9.17) is 4.74 Å². The number of morpholine rings is 1. The summed E-state index contributed by atoms with van der Waals surface area (Å²) in [5, 5.41) is 17.5. The van der Waals surface area contributed by atoms with E-state index in [1.54, 1.807) is 25.2 Å². The molecule has 146 valence electrons. The van der Waals surface area contributed by atoms with E-state index in [1.165, 1.54) is 6.07 Å². The summed E-state index contributed by atoms with van der Waals surface area (Å²) >= 11 is 0. The first-order chi connectivity index (χ1) is 11.9. The molecule has 0 atom stereocenters. The van der Waals surface area contributed by atoms with Crippen molar-refractivity contribution in [1.29, 1.82) is 0 Å². The van der Waals surface area contributed by atoms with Crippen LogP contribution in [-0.4, -0.2) is 61.2 Å². The Balaban J connectivity index is 0.00000338. The monoisotopic (exact) mass is 477 g/mol. The van der Waals surface area contributed by atoms with Crippen molar-refractivity contribution in [3.63, 3.8) is 0 Å². The van der Waals surface area contributed by atoms with Gasteiger partial charge in [-0.2, -0.15) is 0 Å². The molecule has 1 saturated heterocycles. The fourth-order valence-corrected chi connectivity index (χ4v) is 2.82. The number of rotatable bonds is 6. The van der Waals surface area contributed by atoms with Crippen LogP contribution in [-0.2, 0) is 11.3 Å². The first-order valence-electron chi connectivity index (χ1n) is 8.43. The molecular weight excluding hydrogens is 449 g/mol. The molecule has 1 aliphatic heterocycles. The summed E-state index contributed by atoms with van der Waals surface area (Å²) in [7, 11) is 1.69. The van der Waals surface area contributed by atoms with Crippen LogP contribution in [0, 0.1) is 10.1 Å². The molecule has 1 fully saturated rings. The van der Waals surface area contributed by atoms with Crippen molar-refractivity contribution >= 4 is 35.6 Å². The molecule has 0 radical (unpaired) electrons. The minimum atomic E-state index is -0.366. The average Bonchev–Trinajstić information content (AvgIpc) is 2.62. The molecule has 0 saturated carbocycles. The molecule has 0 amide bonds. The molecule has 1 aromatic carbocycles. The number of aliphatic imine (C=N–C) groups is 1. The van der Waals surface area contributed by atoms with Gasteiger partial charge in [-0.15, -0.1) is 24.0 Å². The lowest BCUT2D eigenvalue weighted by molar-refractivity contribution is -0.385. The van der Waals surface area contributed by atoms with Gasteiger partial charge in [0.2, 0.25) is 0 Å². The van der Waals surface area contributed by atoms with Gasteiger partial charge in [-0.05, 0) is 13.8 Å². The number of para-hydroxylation sites is 1. The zero-order valence-electron chi connectivity index (χ0n) is 15.5. The molecule has 26 heavy (non-hydrogen) atoms. The van der Waals surface area contributed by atoms with Crippen molar-refractivity contribution in [2.45, 2.75) is 25.9 Å². The fourth-order valence-electron chi connectivity index (χ4n) is 2.82. The van der Waals surface area contributed by atoms with Gasteiger partial charge in [-0.3, -0.25) is 20.0 Å². The standard InChI is InChI=1S/C17H27N5O3.HI/c1-17(2,21-8-10-25-11-9-21)13-20-16(18-3)19-12-14-6-4-5-7-15(14)22(23)24;/h4-7H,8-13H2,1-3H3,(H2,18,19,20);1H. The van der Waals surface area contributed by atoms with E-state index in [0.717, 1.165) is 26.3 Å². The van der Waals surface area contributed by atoms with Crippen molar-refractivity contribution in [3.05, 3.63) is 39.9 Å². The highest BCUT2D eigenvalue weighted by atomic mass is 127. The van der Waals surface area contributed by atoms with Gasteiger partial charge in [0.15, 0.2) is 5.96 Å². The topological polar surface area (TPSA) is 92.0 Å². The minimum Gasteiger partial charge on any atom is -0.379 e. The summed E-state index contributed by atoms with van der Waals surface area (Å²) < 4.78 is 5.41. The van der Waals surface area contributed by atoms with E-state index in [-0.39, 0.29) is 40.1 Å². The van der Waals surface area contributed by atoms with E-state index in [2.05, 4.69) is 34.4 Å². The summed E-state index contributed by atoms with van der Waals surface area (Å²) in [4.78, 5) is 17.3. The van der Waals surface area contributed by atoms with Crippen molar-refractivity contribution in [1.82, 2.24) is 15.5 Å². The van der Waals surface area contributed by atoms with E-state index in [0.29, 0.717) is 24.6 Å². The van der Waals surface area contributed by atoms with Gasteiger partial charge in [0, 0.05) is 50.4 Å². The van der Waals surface area contributed by atoms with Gasteiger partial charge in [-0.1, -0.05) is 18.2 Å². The number of guanidine groups is 1. The molecule has 0 aliphatic carbocycles. The lowest BCUT2D eigenvalue weighted by Gasteiger charge is -2.41. The smallest absolute Gasteiger partial charge is 0.274 e. The molecule has 9 heteroatoms. The maximum atomic E-state index is 11.1. The predicted molar refractivity (Wildman–Crippen MR) is 113 cm³/mol. The summed E-state index contributed by atoms with van der Waals surface area (Å²) in [5.74, 6) is 0.625. The van der Waals surface area contributed by atoms with Crippen LogP contribution in [0.2, 0.25) is 0 Å². The van der Waals surface area contributed by atoms with Crippen LogP contribution in [0.5, 0.6) is 0 Å². The molecule has 1 heterocycles. The lowest BCUT2D eigenvalue weighted by atomic mass is 10.0. The molecule has 2 rings (SSSR count). The van der Waals surface area contributed by atoms with Gasteiger partial charge in [-0.25, -0.2) is 0 Å². The number of halogens is 1. The third-order valence-electron chi connectivity index (χ3n) is 4.41. The summed E-state index contributed by atoms with van der Waals surface area (Å²) in [6.45, 7) is 8.76. The number of nitro benzene ring substituents is 1. The maximum Gasteiger partial charge on any atom is 0.274 e. The van der Waals surface area contributed by atoms with Crippen LogP contribution in [0.15, 0.2) is 29.3 Å². The van der Waals surface area contributed by atoms with Crippen molar-refractivity contribution in [2.75, 3.05) is 39.9 Å². The lowest BCUT2D eigenvalue weighted by Crippen LogP contribution is -2.56. The van der Waals surface area contributed by atoms with Crippen LogP contribution < -0.4 is 10.6 Å². The molecular formula is C17H28IN5O3. The predicted octanol–water partition coefficient (Wildman–Crippen LogP) is 1.99. The van der Waals surface area contributed by atoms with E-state index < -0.39 is 0 Å². The Hall–Kier alpha value is -1.46. The molecule has 8 nitrogen and oxygen atoms in total. The summed E-state index contributed by atoms with van der Waals surface area (Å²) in [6.07, 6.45) is 0. The SMILES string of the molecule is CN=C(NCc1ccccc1[N+](=O)[O-])NCC(C)(C)N1CCOCC1.I. The Morgan fingerprint density at radius 2 is 1.96 bits per heavy atom. The molecule has 0 unspecified atom stereocenters. The van der Waals surface area contributed by atoms with Gasteiger partial charge >= 0.3 is 0 Å². The van der Waals surface area contributed by atoms with Crippen LogP contribution >= 0.6 is 24.0 Å². The summed E-state index contributed by atoms with van der Waals surface area (Å²) in [6, 6.07) is 6.71. The number of nitrogens with one attached hydrogen (secondary N) is 2.